The SMILES string of the molecule is CC1=C(C#N)C(c2ccccc2Cl)C(C(=O)OCCOCc2ccccc2)=C(C)N1. The third-order valence-corrected chi connectivity index (χ3v) is 5.23. The molecule has 5 nitrogen and oxygen atoms in total. The van der Waals surface area contributed by atoms with Crippen LogP contribution >= 0.6 is 11.6 Å². The highest BCUT2D eigenvalue weighted by atomic mass is 35.5. The van der Waals surface area contributed by atoms with Crippen molar-refractivity contribution in [3.8, 4) is 6.07 Å². The Labute approximate surface area is 181 Å². The lowest BCUT2D eigenvalue weighted by Gasteiger charge is -2.29. The average molecular weight is 423 g/mol. The van der Waals surface area contributed by atoms with Crippen molar-refractivity contribution < 1.29 is 14.3 Å². The molecule has 1 N–H and O–H groups in total. The molecule has 2 aromatic rings. The van der Waals surface area contributed by atoms with E-state index in [4.69, 9.17) is 21.1 Å². The van der Waals surface area contributed by atoms with Crippen LogP contribution in [0.15, 0.2) is 77.1 Å². The van der Waals surface area contributed by atoms with Gasteiger partial charge in [0.2, 0.25) is 0 Å². The number of hydrogen-bond donors (Lipinski definition) is 1. The van der Waals surface area contributed by atoms with Crippen LogP contribution in [0.2, 0.25) is 5.02 Å². The minimum Gasteiger partial charge on any atom is -0.460 e. The summed E-state index contributed by atoms with van der Waals surface area (Å²) in [4.78, 5) is 13.0. The number of nitriles is 1. The zero-order chi connectivity index (χ0) is 21.5. The highest BCUT2D eigenvalue weighted by molar-refractivity contribution is 6.31. The number of halogens is 1. The molecule has 2 aromatic carbocycles. The van der Waals surface area contributed by atoms with Gasteiger partial charge in [-0.1, -0.05) is 60.1 Å². The molecule has 0 radical (unpaired) electrons. The summed E-state index contributed by atoms with van der Waals surface area (Å²) in [6, 6.07) is 19.2. The summed E-state index contributed by atoms with van der Waals surface area (Å²) in [6.07, 6.45) is 0. The largest absolute Gasteiger partial charge is 0.460 e. The van der Waals surface area contributed by atoms with E-state index in [2.05, 4.69) is 11.4 Å². The molecule has 0 saturated carbocycles. The van der Waals surface area contributed by atoms with Crippen molar-refractivity contribution in [3.63, 3.8) is 0 Å². The predicted molar refractivity (Wildman–Crippen MR) is 115 cm³/mol. The quantitative estimate of drug-likeness (QED) is 0.509. The molecule has 0 saturated heterocycles. The second-order valence-electron chi connectivity index (χ2n) is 6.94. The van der Waals surface area contributed by atoms with Gasteiger partial charge in [-0.15, -0.1) is 0 Å². The van der Waals surface area contributed by atoms with E-state index < -0.39 is 11.9 Å². The number of nitrogens with one attached hydrogen (secondary N) is 1. The summed E-state index contributed by atoms with van der Waals surface area (Å²) in [5, 5.41) is 13.3. The first kappa shape index (κ1) is 21.6. The molecule has 0 bridgehead atoms. The number of hydrogen-bond acceptors (Lipinski definition) is 5. The van der Waals surface area contributed by atoms with Gasteiger partial charge in [-0.25, -0.2) is 4.79 Å². The second-order valence-corrected chi connectivity index (χ2v) is 7.35. The minimum atomic E-state index is -0.581. The Morgan fingerprint density at radius 1 is 1.07 bits per heavy atom. The zero-order valence-corrected chi connectivity index (χ0v) is 17.7. The molecular weight excluding hydrogens is 400 g/mol. The molecule has 1 heterocycles. The lowest BCUT2D eigenvalue weighted by Crippen LogP contribution is -2.29. The third kappa shape index (κ3) is 4.91. The topological polar surface area (TPSA) is 71.4 Å². The molecule has 3 rings (SSSR count). The maximum atomic E-state index is 13.0. The van der Waals surface area contributed by atoms with Gasteiger partial charge in [0.15, 0.2) is 0 Å². The highest BCUT2D eigenvalue weighted by Crippen LogP contribution is 2.40. The van der Waals surface area contributed by atoms with Gasteiger partial charge in [0, 0.05) is 16.4 Å². The van der Waals surface area contributed by atoms with E-state index in [1.807, 2.05) is 55.5 Å². The van der Waals surface area contributed by atoms with E-state index in [1.54, 1.807) is 13.0 Å². The first-order chi connectivity index (χ1) is 14.5. The number of esters is 1. The molecule has 0 amide bonds. The molecule has 0 aromatic heterocycles. The van der Waals surface area contributed by atoms with E-state index >= 15 is 0 Å². The fourth-order valence-corrected chi connectivity index (χ4v) is 3.71. The van der Waals surface area contributed by atoms with Crippen molar-refractivity contribution in [1.29, 1.82) is 5.26 Å². The summed E-state index contributed by atoms with van der Waals surface area (Å²) in [6.45, 7) is 4.44. The van der Waals surface area contributed by atoms with Crippen LogP contribution in [0.4, 0.5) is 0 Å². The lowest BCUT2D eigenvalue weighted by molar-refractivity contribution is -0.141. The first-order valence-electron chi connectivity index (χ1n) is 9.64. The number of carbonyl (C=O) groups is 1. The molecule has 0 aliphatic carbocycles. The van der Waals surface area contributed by atoms with Crippen LogP contribution in [0.3, 0.4) is 0 Å². The number of allylic oxidation sites excluding steroid dienone is 3. The molecule has 30 heavy (non-hydrogen) atoms. The van der Waals surface area contributed by atoms with E-state index in [0.29, 0.717) is 39.7 Å². The molecule has 154 valence electrons. The summed E-state index contributed by atoms with van der Waals surface area (Å²) >= 11 is 6.40. The van der Waals surface area contributed by atoms with Crippen LogP contribution in [-0.2, 0) is 20.9 Å². The number of carbonyl (C=O) groups excluding carboxylic acids is 1. The number of rotatable bonds is 7. The molecular formula is C24H23ClN2O3. The first-order valence-corrected chi connectivity index (χ1v) is 10.0. The van der Waals surface area contributed by atoms with Crippen molar-refractivity contribution in [2.24, 2.45) is 0 Å². The third-order valence-electron chi connectivity index (χ3n) is 4.89. The smallest absolute Gasteiger partial charge is 0.336 e. The minimum absolute atomic E-state index is 0.113. The lowest BCUT2D eigenvalue weighted by atomic mass is 9.81. The summed E-state index contributed by atoms with van der Waals surface area (Å²) in [5.74, 6) is -1.07. The van der Waals surface area contributed by atoms with Crippen LogP contribution in [-0.4, -0.2) is 19.2 Å². The van der Waals surface area contributed by atoms with Gasteiger partial charge in [0.25, 0.3) is 0 Å². The molecule has 1 unspecified atom stereocenters. The van der Waals surface area contributed by atoms with Crippen molar-refractivity contribution >= 4 is 17.6 Å². The Morgan fingerprint density at radius 3 is 2.47 bits per heavy atom. The molecule has 0 spiro atoms. The summed E-state index contributed by atoms with van der Waals surface area (Å²) in [5.41, 5.74) is 3.92. The van der Waals surface area contributed by atoms with Crippen molar-refractivity contribution in [3.05, 3.63) is 93.3 Å². The van der Waals surface area contributed by atoms with E-state index in [1.165, 1.54) is 0 Å². The molecule has 1 aliphatic heterocycles. The van der Waals surface area contributed by atoms with E-state index in [9.17, 15) is 10.1 Å². The van der Waals surface area contributed by atoms with Gasteiger partial charge in [0.1, 0.15) is 6.61 Å². The monoisotopic (exact) mass is 422 g/mol. The second kappa shape index (κ2) is 10.1. The Hall–Kier alpha value is -3.07. The van der Waals surface area contributed by atoms with Crippen molar-refractivity contribution in [2.75, 3.05) is 13.2 Å². The van der Waals surface area contributed by atoms with Gasteiger partial charge in [0.05, 0.1) is 36.3 Å². The molecule has 1 atom stereocenters. The van der Waals surface area contributed by atoms with E-state index in [-0.39, 0.29) is 13.2 Å². The highest BCUT2D eigenvalue weighted by Gasteiger charge is 2.35. The van der Waals surface area contributed by atoms with Gasteiger partial charge < -0.3 is 14.8 Å². The van der Waals surface area contributed by atoms with Crippen LogP contribution in [0.1, 0.15) is 30.9 Å². The molecule has 0 fully saturated rings. The van der Waals surface area contributed by atoms with Gasteiger partial charge in [-0.3, -0.25) is 0 Å². The summed E-state index contributed by atoms with van der Waals surface area (Å²) in [7, 11) is 0. The van der Waals surface area contributed by atoms with Gasteiger partial charge >= 0.3 is 5.97 Å². The maximum absolute atomic E-state index is 13.0. The maximum Gasteiger partial charge on any atom is 0.336 e. The van der Waals surface area contributed by atoms with Crippen molar-refractivity contribution in [1.82, 2.24) is 5.32 Å². The fraction of sp³-hybridized carbons (Fsp3) is 0.250. The van der Waals surface area contributed by atoms with Crippen LogP contribution in [0, 0.1) is 11.3 Å². The normalized spacial score (nSPS) is 16.1. The Bertz CT molecular complexity index is 1020. The number of dihydropyridines is 1. The Morgan fingerprint density at radius 2 is 1.77 bits per heavy atom. The van der Waals surface area contributed by atoms with Crippen LogP contribution < -0.4 is 5.32 Å². The Kier molecular flexibility index (Phi) is 7.29. The van der Waals surface area contributed by atoms with E-state index in [0.717, 1.165) is 5.56 Å². The average Bonchev–Trinajstić information content (AvgIpc) is 2.74. The van der Waals surface area contributed by atoms with Gasteiger partial charge in [-0.2, -0.15) is 5.26 Å². The number of ether oxygens (including phenoxy) is 2. The number of nitrogens with zero attached hydrogens (tertiary/aromatic N) is 1. The fourth-order valence-electron chi connectivity index (χ4n) is 3.47. The standard InChI is InChI=1S/C24H23ClN2O3/c1-16-20(14-26)23(19-10-6-7-11-21(19)25)22(17(2)27-16)24(28)30-13-12-29-15-18-8-4-3-5-9-18/h3-11,23,27H,12-13,15H2,1-2H3. The summed E-state index contributed by atoms with van der Waals surface area (Å²) < 4.78 is 11.1. The van der Waals surface area contributed by atoms with Crippen LogP contribution in [0.25, 0.3) is 0 Å². The number of benzene rings is 2. The molecule has 6 heteroatoms. The van der Waals surface area contributed by atoms with Crippen molar-refractivity contribution in [2.45, 2.75) is 26.4 Å². The molecule has 1 aliphatic rings. The predicted octanol–water partition coefficient (Wildman–Crippen LogP) is 4.86. The Balaban J connectivity index is 1.71. The zero-order valence-electron chi connectivity index (χ0n) is 16.9. The van der Waals surface area contributed by atoms with Crippen LogP contribution in [0.5, 0.6) is 0 Å². The van der Waals surface area contributed by atoms with Gasteiger partial charge in [-0.05, 0) is 31.0 Å².